The Labute approximate surface area is 140 Å². The summed E-state index contributed by atoms with van der Waals surface area (Å²) in [6, 6.07) is 12.3. The molecule has 21 heavy (non-hydrogen) atoms. The van der Waals surface area contributed by atoms with Crippen LogP contribution >= 0.6 is 34.5 Å². The molecule has 0 saturated heterocycles. The lowest BCUT2D eigenvalue weighted by Crippen LogP contribution is -2.31. The summed E-state index contributed by atoms with van der Waals surface area (Å²) >= 11 is 13.8. The maximum absolute atomic E-state index is 6.25. The van der Waals surface area contributed by atoms with Crippen molar-refractivity contribution in [3.05, 3.63) is 56.2 Å². The molecule has 0 aliphatic carbocycles. The molecule has 0 saturated carbocycles. The molecule has 1 N–H and O–H groups in total. The van der Waals surface area contributed by atoms with Gasteiger partial charge in [0, 0.05) is 35.6 Å². The molecule has 1 atom stereocenters. The molecule has 114 valence electrons. The third kappa shape index (κ3) is 4.97. The second-order valence-electron chi connectivity index (χ2n) is 5.06. The Hall–Kier alpha value is -0.580. The molecule has 0 amide bonds. The van der Waals surface area contributed by atoms with E-state index in [2.05, 4.69) is 36.3 Å². The fraction of sp³-hybridized carbons (Fsp3) is 0.375. The number of rotatable bonds is 7. The van der Waals surface area contributed by atoms with E-state index < -0.39 is 0 Å². The van der Waals surface area contributed by atoms with Gasteiger partial charge in [-0.15, -0.1) is 11.3 Å². The first-order valence-corrected chi connectivity index (χ1v) is 8.54. The SMILES string of the molecule is CC(c1ccccc1Cl)N(C)CCNCc1ccc(Cl)s1. The highest BCUT2D eigenvalue weighted by Gasteiger charge is 2.13. The van der Waals surface area contributed by atoms with Gasteiger partial charge >= 0.3 is 0 Å². The smallest absolute Gasteiger partial charge is 0.0931 e. The molecule has 2 nitrogen and oxygen atoms in total. The zero-order chi connectivity index (χ0) is 15.2. The van der Waals surface area contributed by atoms with E-state index in [-0.39, 0.29) is 0 Å². The summed E-state index contributed by atoms with van der Waals surface area (Å²) < 4.78 is 0.844. The molecule has 1 heterocycles. The summed E-state index contributed by atoms with van der Waals surface area (Å²) in [5, 5.41) is 4.28. The van der Waals surface area contributed by atoms with Gasteiger partial charge in [0.1, 0.15) is 0 Å². The van der Waals surface area contributed by atoms with Crippen LogP contribution in [0.5, 0.6) is 0 Å². The van der Waals surface area contributed by atoms with Crippen molar-refractivity contribution in [2.75, 3.05) is 20.1 Å². The van der Waals surface area contributed by atoms with E-state index in [1.807, 2.05) is 24.3 Å². The molecule has 0 fully saturated rings. The number of nitrogens with zero attached hydrogens (tertiary/aromatic N) is 1. The van der Waals surface area contributed by atoms with Gasteiger partial charge in [0.25, 0.3) is 0 Å². The normalized spacial score (nSPS) is 12.8. The van der Waals surface area contributed by atoms with E-state index in [4.69, 9.17) is 23.2 Å². The van der Waals surface area contributed by atoms with Crippen molar-refractivity contribution in [1.82, 2.24) is 10.2 Å². The fourth-order valence-electron chi connectivity index (χ4n) is 2.16. The van der Waals surface area contributed by atoms with Crippen molar-refractivity contribution < 1.29 is 0 Å². The number of halogens is 2. The van der Waals surface area contributed by atoms with Crippen molar-refractivity contribution in [1.29, 1.82) is 0 Å². The Morgan fingerprint density at radius 1 is 1.19 bits per heavy atom. The monoisotopic (exact) mass is 342 g/mol. The van der Waals surface area contributed by atoms with Crippen LogP contribution in [0.4, 0.5) is 0 Å². The van der Waals surface area contributed by atoms with Gasteiger partial charge in [-0.3, -0.25) is 4.90 Å². The Kier molecular flexibility index (Phi) is 6.52. The minimum absolute atomic E-state index is 0.302. The van der Waals surface area contributed by atoms with Crippen molar-refractivity contribution in [3.8, 4) is 0 Å². The maximum Gasteiger partial charge on any atom is 0.0931 e. The lowest BCUT2D eigenvalue weighted by molar-refractivity contribution is 0.261. The van der Waals surface area contributed by atoms with Crippen molar-refractivity contribution in [2.24, 2.45) is 0 Å². The van der Waals surface area contributed by atoms with Crippen LogP contribution in [0.25, 0.3) is 0 Å². The molecule has 0 spiro atoms. The number of nitrogens with one attached hydrogen (secondary N) is 1. The van der Waals surface area contributed by atoms with E-state index in [1.54, 1.807) is 11.3 Å². The Balaban J connectivity index is 1.76. The predicted molar refractivity (Wildman–Crippen MR) is 93.5 cm³/mol. The van der Waals surface area contributed by atoms with Gasteiger partial charge in [-0.1, -0.05) is 41.4 Å². The third-order valence-electron chi connectivity index (χ3n) is 3.59. The van der Waals surface area contributed by atoms with Crippen LogP contribution in [-0.4, -0.2) is 25.0 Å². The highest BCUT2D eigenvalue weighted by Crippen LogP contribution is 2.25. The van der Waals surface area contributed by atoms with Gasteiger partial charge in [-0.2, -0.15) is 0 Å². The summed E-state index contributed by atoms with van der Waals surface area (Å²) in [6.07, 6.45) is 0. The summed E-state index contributed by atoms with van der Waals surface area (Å²) in [4.78, 5) is 3.57. The number of hydrogen-bond donors (Lipinski definition) is 1. The third-order valence-corrected chi connectivity index (χ3v) is 5.16. The lowest BCUT2D eigenvalue weighted by atomic mass is 10.1. The van der Waals surface area contributed by atoms with Crippen LogP contribution in [0.15, 0.2) is 36.4 Å². The van der Waals surface area contributed by atoms with Gasteiger partial charge in [0.15, 0.2) is 0 Å². The first-order valence-electron chi connectivity index (χ1n) is 6.97. The Morgan fingerprint density at radius 2 is 1.95 bits per heavy atom. The molecular formula is C16H20Cl2N2S. The first kappa shape index (κ1) is 16.8. The number of likely N-dealkylation sites (N-methyl/N-ethyl adjacent to an activating group) is 1. The summed E-state index contributed by atoms with van der Waals surface area (Å²) in [5.41, 5.74) is 1.17. The van der Waals surface area contributed by atoms with Crippen molar-refractivity contribution >= 4 is 34.5 Å². The summed E-state index contributed by atoms with van der Waals surface area (Å²) in [6.45, 7) is 4.94. The summed E-state index contributed by atoms with van der Waals surface area (Å²) in [7, 11) is 2.12. The van der Waals surface area contributed by atoms with Crippen LogP contribution in [0, 0.1) is 0 Å². The van der Waals surface area contributed by atoms with Crippen LogP contribution < -0.4 is 5.32 Å². The minimum atomic E-state index is 0.302. The van der Waals surface area contributed by atoms with E-state index in [9.17, 15) is 0 Å². The molecule has 2 rings (SSSR count). The lowest BCUT2D eigenvalue weighted by Gasteiger charge is -2.25. The molecule has 0 bridgehead atoms. The zero-order valence-corrected chi connectivity index (χ0v) is 14.6. The minimum Gasteiger partial charge on any atom is -0.311 e. The topological polar surface area (TPSA) is 15.3 Å². The van der Waals surface area contributed by atoms with E-state index in [1.165, 1.54) is 10.4 Å². The maximum atomic E-state index is 6.25. The van der Waals surface area contributed by atoms with Crippen molar-refractivity contribution in [2.45, 2.75) is 19.5 Å². The van der Waals surface area contributed by atoms with E-state index >= 15 is 0 Å². The number of hydrogen-bond acceptors (Lipinski definition) is 3. The molecule has 1 unspecified atom stereocenters. The van der Waals surface area contributed by atoms with Gasteiger partial charge in [0.2, 0.25) is 0 Å². The quantitative estimate of drug-likeness (QED) is 0.724. The van der Waals surface area contributed by atoms with Gasteiger partial charge in [-0.25, -0.2) is 0 Å². The number of thiophene rings is 1. The highest BCUT2D eigenvalue weighted by molar-refractivity contribution is 7.16. The van der Waals surface area contributed by atoms with Crippen LogP contribution in [0.3, 0.4) is 0 Å². The van der Waals surface area contributed by atoms with E-state index in [0.717, 1.165) is 29.0 Å². The molecule has 1 aromatic carbocycles. The van der Waals surface area contributed by atoms with Crippen LogP contribution in [0.1, 0.15) is 23.4 Å². The number of benzene rings is 1. The van der Waals surface area contributed by atoms with Crippen LogP contribution in [-0.2, 0) is 6.54 Å². The molecule has 2 aromatic rings. The molecule has 0 aliphatic heterocycles. The van der Waals surface area contributed by atoms with Gasteiger partial charge in [0.05, 0.1) is 4.34 Å². The highest BCUT2D eigenvalue weighted by atomic mass is 35.5. The molecule has 1 aromatic heterocycles. The fourth-order valence-corrected chi connectivity index (χ4v) is 3.51. The molecular weight excluding hydrogens is 323 g/mol. The zero-order valence-electron chi connectivity index (χ0n) is 12.3. The average molecular weight is 343 g/mol. The summed E-state index contributed by atoms with van der Waals surface area (Å²) in [5.74, 6) is 0. The predicted octanol–water partition coefficient (Wildman–Crippen LogP) is 4.84. The average Bonchev–Trinajstić information content (AvgIpc) is 2.89. The molecule has 5 heteroatoms. The van der Waals surface area contributed by atoms with Gasteiger partial charge in [-0.05, 0) is 37.7 Å². The molecule has 0 aliphatic rings. The largest absolute Gasteiger partial charge is 0.311 e. The van der Waals surface area contributed by atoms with E-state index in [0.29, 0.717) is 6.04 Å². The second kappa shape index (κ2) is 8.16. The standard InChI is InChI=1S/C16H20Cl2N2S/c1-12(14-5-3-4-6-15(14)17)20(2)10-9-19-11-13-7-8-16(18)21-13/h3-8,12,19H,9-11H2,1-2H3. The van der Waals surface area contributed by atoms with Crippen LogP contribution in [0.2, 0.25) is 9.36 Å². The second-order valence-corrected chi connectivity index (χ2v) is 7.27. The van der Waals surface area contributed by atoms with Crippen molar-refractivity contribution in [3.63, 3.8) is 0 Å². The first-order chi connectivity index (χ1) is 10.1. The molecule has 0 radical (unpaired) electrons. The Morgan fingerprint density at radius 3 is 2.62 bits per heavy atom. The Bertz CT molecular complexity index is 571. The van der Waals surface area contributed by atoms with Gasteiger partial charge < -0.3 is 5.32 Å².